The van der Waals surface area contributed by atoms with Gasteiger partial charge in [-0.05, 0) is 24.3 Å². The third-order valence-corrected chi connectivity index (χ3v) is 3.10. The Morgan fingerprint density at radius 2 is 1.63 bits per heavy atom. The van der Waals surface area contributed by atoms with Crippen molar-refractivity contribution in [1.29, 1.82) is 0 Å². The van der Waals surface area contributed by atoms with Gasteiger partial charge in [-0.2, -0.15) is 0 Å². The quantitative estimate of drug-likeness (QED) is 0.765. The van der Waals surface area contributed by atoms with Gasteiger partial charge in [0.1, 0.15) is 5.82 Å². The zero-order valence-electron chi connectivity index (χ0n) is 11.1. The normalized spacial score (nSPS) is 10.3. The number of hydrogen-bond donors (Lipinski definition) is 0. The highest BCUT2D eigenvalue weighted by molar-refractivity contribution is 6.01. The Balaban J connectivity index is 2.48. The zero-order chi connectivity index (χ0) is 13.8. The van der Waals surface area contributed by atoms with Crippen LogP contribution in [0.4, 0.5) is 15.8 Å². The Morgan fingerprint density at radius 3 is 2.26 bits per heavy atom. The van der Waals surface area contributed by atoms with Crippen molar-refractivity contribution in [2.45, 2.75) is 13.3 Å². The Morgan fingerprint density at radius 1 is 1.05 bits per heavy atom. The van der Waals surface area contributed by atoms with E-state index in [1.807, 2.05) is 25.1 Å². The molecule has 0 amide bonds. The van der Waals surface area contributed by atoms with E-state index in [1.54, 1.807) is 36.2 Å². The van der Waals surface area contributed by atoms with E-state index in [0.29, 0.717) is 17.7 Å². The Hall–Kier alpha value is -2.16. The molecule has 0 fully saturated rings. The van der Waals surface area contributed by atoms with Gasteiger partial charge in [0, 0.05) is 19.0 Å². The van der Waals surface area contributed by atoms with Gasteiger partial charge in [-0.25, -0.2) is 4.39 Å². The molecular formula is C16H16FNO. The molecule has 0 spiro atoms. The molecule has 0 aliphatic carbocycles. The first-order chi connectivity index (χ1) is 9.15. The number of nitrogens with zero attached hydrogens (tertiary/aromatic N) is 1. The summed E-state index contributed by atoms with van der Waals surface area (Å²) in [6, 6.07) is 13.8. The summed E-state index contributed by atoms with van der Waals surface area (Å²) < 4.78 is 13.8. The molecule has 98 valence electrons. The van der Waals surface area contributed by atoms with Crippen molar-refractivity contribution in [3.63, 3.8) is 0 Å². The van der Waals surface area contributed by atoms with Crippen molar-refractivity contribution in [2.24, 2.45) is 0 Å². The minimum Gasteiger partial charge on any atom is -0.342 e. The van der Waals surface area contributed by atoms with E-state index in [9.17, 15) is 9.18 Å². The van der Waals surface area contributed by atoms with Gasteiger partial charge in [0.2, 0.25) is 0 Å². The molecule has 0 aromatic heterocycles. The molecule has 0 N–H and O–H groups in total. The van der Waals surface area contributed by atoms with Crippen molar-refractivity contribution in [3.8, 4) is 0 Å². The fourth-order valence-electron chi connectivity index (χ4n) is 2.05. The molecule has 2 rings (SSSR count). The number of ketones is 1. The van der Waals surface area contributed by atoms with Crippen LogP contribution in [0.1, 0.15) is 23.7 Å². The largest absolute Gasteiger partial charge is 0.342 e. The SMILES string of the molecule is CCC(=O)c1ccccc1N(C)c1ccccc1F. The van der Waals surface area contributed by atoms with E-state index >= 15 is 0 Å². The first kappa shape index (κ1) is 13.3. The maximum absolute atomic E-state index is 13.8. The van der Waals surface area contributed by atoms with Crippen molar-refractivity contribution in [3.05, 3.63) is 59.9 Å². The van der Waals surface area contributed by atoms with Crippen LogP contribution in [-0.2, 0) is 0 Å². The molecule has 3 heteroatoms. The summed E-state index contributed by atoms with van der Waals surface area (Å²) in [4.78, 5) is 13.6. The number of para-hydroxylation sites is 2. The monoisotopic (exact) mass is 257 g/mol. The van der Waals surface area contributed by atoms with Crippen LogP contribution < -0.4 is 4.90 Å². The van der Waals surface area contributed by atoms with Crippen LogP contribution in [0.25, 0.3) is 0 Å². The van der Waals surface area contributed by atoms with E-state index in [0.717, 1.165) is 5.69 Å². The van der Waals surface area contributed by atoms with Gasteiger partial charge < -0.3 is 4.90 Å². The van der Waals surface area contributed by atoms with Gasteiger partial charge in [0.15, 0.2) is 5.78 Å². The molecule has 0 bridgehead atoms. The lowest BCUT2D eigenvalue weighted by Gasteiger charge is -2.22. The smallest absolute Gasteiger partial charge is 0.164 e. The lowest BCUT2D eigenvalue weighted by atomic mass is 10.1. The number of hydrogen-bond acceptors (Lipinski definition) is 2. The lowest BCUT2D eigenvalue weighted by Crippen LogP contribution is -2.15. The Kier molecular flexibility index (Phi) is 3.95. The Labute approximate surface area is 112 Å². The topological polar surface area (TPSA) is 20.3 Å². The first-order valence-electron chi connectivity index (χ1n) is 6.25. The third kappa shape index (κ3) is 2.65. The summed E-state index contributed by atoms with van der Waals surface area (Å²) >= 11 is 0. The molecule has 0 saturated carbocycles. The number of Topliss-reactive ketones (excluding diaryl/α,β-unsaturated/α-hetero) is 1. The third-order valence-electron chi connectivity index (χ3n) is 3.10. The van der Waals surface area contributed by atoms with E-state index in [4.69, 9.17) is 0 Å². The average molecular weight is 257 g/mol. The predicted molar refractivity (Wildman–Crippen MR) is 75.5 cm³/mol. The minimum atomic E-state index is -0.302. The van der Waals surface area contributed by atoms with Gasteiger partial charge in [0.25, 0.3) is 0 Å². The van der Waals surface area contributed by atoms with Crippen molar-refractivity contribution < 1.29 is 9.18 Å². The number of carbonyl (C=O) groups excluding carboxylic acids is 1. The van der Waals surface area contributed by atoms with Gasteiger partial charge in [-0.15, -0.1) is 0 Å². The molecule has 0 heterocycles. The minimum absolute atomic E-state index is 0.0544. The molecule has 0 unspecified atom stereocenters. The van der Waals surface area contributed by atoms with E-state index in [-0.39, 0.29) is 11.6 Å². The van der Waals surface area contributed by atoms with Gasteiger partial charge in [-0.1, -0.05) is 31.2 Å². The Bertz CT molecular complexity index is 595. The van der Waals surface area contributed by atoms with Gasteiger partial charge in [-0.3, -0.25) is 4.79 Å². The summed E-state index contributed by atoms with van der Waals surface area (Å²) in [5, 5.41) is 0. The highest BCUT2D eigenvalue weighted by atomic mass is 19.1. The molecule has 0 aliphatic heterocycles. The van der Waals surface area contributed by atoms with E-state index in [1.165, 1.54) is 6.07 Å². The van der Waals surface area contributed by atoms with Crippen LogP contribution >= 0.6 is 0 Å². The second kappa shape index (κ2) is 5.65. The molecule has 0 aliphatic rings. The fourth-order valence-corrected chi connectivity index (χ4v) is 2.05. The molecule has 2 nitrogen and oxygen atoms in total. The summed E-state index contributed by atoms with van der Waals surface area (Å²) in [5.74, 6) is -0.248. The maximum atomic E-state index is 13.8. The number of benzene rings is 2. The molecule has 2 aromatic carbocycles. The number of carbonyl (C=O) groups is 1. The summed E-state index contributed by atoms with van der Waals surface area (Å²) in [5.41, 5.74) is 1.80. The van der Waals surface area contributed by atoms with Crippen LogP contribution in [0.5, 0.6) is 0 Å². The van der Waals surface area contributed by atoms with Crippen molar-refractivity contribution >= 4 is 17.2 Å². The first-order valence-corrected chi connectivity index (χ1v) is 6.25. The summed E-state index contributed by atoms with van der Waals surface area (Å²) in [6.07, 6.45) is 0.433. The summed E-state index contributed by atoms with van der Waals surface area (Å²) in [6.45, 7) is 1.82. The predicted octanol–water partition coefficient (Wildman–Crippen LogP) is 4.19. The second-order valence-electron chi connectivity index (χ2n) is 4.30. The molecule has 0 atom stereocenters. The van der Waals surface area contributed by atoms with Crippen LogP contribution in [0.3, 0.4) is 0 Å². The van der Waals surface area contributed by atoms with Gasteiger partial charge >= 0.3 is 0 Å². The maximum Gasteiger partial charge on any atom is 0.164 e. The number of halogens is 1. The molecule has 0 saturated heterocycles. The highest BCUT2D eigenvalue weighted by Gasteiger charge is 2.15. The van der Waals surface area contributed by atoms with Crippen LogP contribution in [0.15, 0.2) is 48.5 Å². The van der Waals surface area contributed by atoms with Crippen LogP contribution in [0, 0.1) is 5.82 Å². The standard InChI is InChI=1S/C16H16FNO/c1-3-16(19)12-8-4-6-10-14(12)18(2)15-11-7-5-9-13(15)17/h4-11H,3H2,1-2H3. The molecule has 19 heavy (non-hydrogen) atoms. The number of anilines is 2. The molecule has 0 radical (unpaired) electrons. The van der Waals surface area contributed by atoms with Crippen LogP contribution in [-0.4, -0.2) is 12.8 Å². The average Bonchev–Trinajstić information content (AvgIpc) is 2.46. The fraction of sp³-hybridized carbons (Fsp3) is 0.188. The van der Waals surface area contributed by atoms with E-state index in [2.05, 4.69) is 0 Å². The summed E-state index contributed by atoms with van der Waals surface area (Å²) in [7, 11) is 1.76. The highest BCUT2D eigenvalue weighted by Crippen LogP contribution is 2.29. The molecule has 2 aromatic rings. The van der Waals surface area contributed by atoms with Crippen LogP contribution in [0.2, 0.25) is 0 Å². The lowest BCUT2D eigenvalue weighted by molar-refractivity contribution is 0.0988. The number of rotatable bonds is 4. The second-order valence-corrected chi connectivity index (χ2v) is 4.30. The van der Waals surface area contributed by atoms with Gasteiger partial charge in [0.05, 0.1) is 11.4 Å². The van der Waals surface area contributed by atoms with Crippen molar-refractivity contribution in [2.75, 3.05) is 11.9 Å². The van der Waals surface area contributed by atoms with Crippen molar-refractivity contribution in [1.82, 2.24) is 0 Å². The van der Waals surface area contributed by atoms with E-state index < -0.39 is 0 Å². The zero-order valence-corrected chi connectivity index (χ0v) is 11.1. The molecular weight excluding hydrogens is 241 g/mol.